The maximum absolute atomic E-state index is 13.3. The van der Waals surface area contributed by atoms with E-state index >= 15 is 0 Å². The molecule has 6 nitrogen and oxygen atoms in total. The fraction of sp³-hybridized carbons (Fsp3) is 0.417. The fourth-order valence-corrected chi connectivity index (χ4v) is 3.80. The van der Waals surface area contributed by atoms with Crippen molar-refractivity contribution in [3.05, 3.63) is 58.6 Å². The van der Waals surface area contributed by atoms with E-state index in [0.29, 0.717) is 29.4 Å². The molecule has 1 heterocycles. The van der Waals surface area contributed by atoms with Crippen molar-refractivity contribution >= 4 is 23.4 Å². The summed E-state index contributed by atoms with van der Waals surface area (Å²) in [5.41, 5.74) is 1.80. The summed E-state index contributed by atoms with van der Waals surface area (Å²) in [7, 11) is 0. The SMILES string of the molecule is CC[C@@H](C(=O)NC(C)C)N(Cc1ccccc1Cl)C(=O)CCc1ccc2c(c1)OCO2. The summed E-state index contributed by atoms with van der Waals surface area (Å²) in [5.74, 6) is 1.16. The molecule has 1 atom stereocenters. The van der Waals surface area contributed by atoms with Crippen LogP contribution in [0.25, 0.3) is 0 Å². The summed E-state index contributed by atoms with van der Waals surface area (Å²) >= 11 is 6.35. The number of carbonyl (C=O) groups excluding carboxylic acids is 2. The van der Waals surface area contributed by atoms with Crippen molar-refractivity contribution in [3.8, 4) is 11.5 Å². The maximum atomic E-state index is 13.3. The monoisotopic (exact) mass is 444 g/mol. The quantitative estimate of drug-likeness (QED) is 0.625. The van der Waals surface area contributed by atoms with Crippen LogP contribution in [0.5, 0.6) is 11.5 Å². The Balaban J connectivity index is 1.77. The molecule has 1 aliphatic rings. The number of benzene rings is 2. The molecule has 31 heavy (non-hydrogen) atoms. The Labute approximate surface area is 188 Å². The standard InChI is InChI=1S/C24H29ClN2O4/c1-4-20(24(29)26-16(2)3)27(14-18-7-5-6-8-19(18)25)23(28)12-10-17-9-11-21-22(13-17)31-15-30-21/h5-9,11,13,16,20H,4,10,12,14-15H2,1-3H3,(H,26,29)/t20-/m0/s1. The van der Waals surface area contributed by atoms with Crippen LogP contribution < -0.4 is 14.8 Å². The molecule has 3 rings (SSSR count). The predicted molar refractivity (Wildman–Crippen MR) is 120 cm³/mol. The molecule has 0 spiro atoms. The molecular weight excluding hydrogens is 416 g/mol. The Kier molecular flexibility index (Phi) is 7.80. The number of aryl methyl sites for hydroxylation is 1. The Bertz CT molecular complexity index is 932. The number of carbonyl (C=O) groups is 2. The molecule has 0 aromatic heterocycles. The minimum atomic E-state index is -0.567. The first-order valence-electron chi connectivity index (χ1n) is 10.6. The third-order valence-electron chi connectivity index (χ3n) is 5.18. The van der Waals surface area contributed by atoms with Crippen LogP contribution in [0.15, 0.2) is 42.5 Å². The van der Waals surface area contributed by atoms with Crippen LogP contribution in [-0.4, -0.2) is 35.6 Å². The van der Waals surface area contributed by atoms with Gasteiger partial charge in [-0.05, 0) is 56.0 Å². The number of halogens is 1. The molecule has 7 heteroatoms. The summed E-state index contributed by atoms with van der Waals surface area (Å²) in [4.78, 5) is 27.8. The summed E-state index contributed by atoms with van der Waals surface area (Å²) in [6.07, 6.45) is 1.32. The van der Waals surface area contributed by atoms with E-state index in [2.05, 4.69) is 5.32 Å². The molecule has 0 saturated carbocycles. The topological polar surface area (TPSA) is 67.9 Å². The highest BCUT2D eigenvalue weighted by Gasteiger charge is 2.29. The van der Waals surface area contributed by atoms with Gasteiger partial charge in [-0.25, -0.2) is 0 Å². The third kappa shape index (κ3) is 5.91. The van der Waals surface area contributed by atoms with E-state index in [0.717, 1.165) is 11.1 Å². The van der Waals surface area contributed by atoms with Gasteiger partial charge in [0.15, 0.2) is 11.5 Å². The van der Waals surface area contributed by atoms with E-state index in [9.17, 15) is 9.59 Å². The molecule has 0 aliphatic carbocycles. The first-order valence-corrected chi connectivity index (χ1v) is 11.0. The number of nitrogens with one attached hydrogen (secondary N) is 1. The van der Waals surface area contributed by atoms with Crippen LogP contribution in [0.1, 0.15) is 44.7 Å². The molecule has 0 fully saturated rings. The van der Waals surface area contributed by atoms with E-state index in [4.69, 9.17) is 21.1 Å². The zero-order valence-electron chi connectivity index (χ0n) is 18.2. The molecule has 0 saturated heterocycles. The van der Waals surface area contributed by atoms with Gasteiger partial charge in [0.25, 0.3) is 0 Å². The summed E-state index contributed by atoms with van der Waals surface area (Å²) in [5, 5.41) is 3.51. The van der Waals surface area contributed by atoms with Gasteiger partial charge in [-0.3, -0.25) is 9.59 Å². The highest BCUT2D eigenvalue weighted by molar-refractivity contribution is 6.31. The average molecular weight is 445 g/mol. The molecule has 1 N–H and O–H groups in total. The number of amides is 2. The molecule has 2 aromatic carbocycles. The Morgan fingerprint density at radius 2 is 1.87 bits per heavy atom. The Morgan fingerprint density at radius 1 is 1.13 bits per heavy atom. The van der Waals surface area contributed by atoms with Crippen molar-refractivity contribution in [3.63, 3.8) is 0 Å². The second-order valence-corrected chi connectivity index (χ2v) is 8.30. The average Bonchev–Trinajstić information content (AvgIpc) is 3.20. The lowest BCUT2D eigenvalue weighted by Gasteiger charge is -2.31. The molecule has 0 radical (unpaired) electrons. The zero-order chi connectivity index (χ0) is 22.4. The van der Waals surface area contributed by atoms with Crippen molar-refractivity contribution in [1.29, 1.82) is 0 Å². The minimum absolute atomic E-state index is 0.00699. The molecule has 2 aromatic rings. The van der Waals surface area contributed by atoms with E-state index in [1.54, 1.807) is 11.0 Å². The largest absolute Gasteiger partial charge is 0.454 e. The molecular formula is C24H29ClN2O4. The highest BCUT2D eigenvalue weighted by Crippen LogP contribution is 2.33. The van der Waals surface area contributed by atoms with Gasteiger partial charge in [0.05, 0.1) is 0 Å². The van der Waals surface area contributed by atoms with Crippen LogP contribution >= 0.6 is 11.6 Å². The normalized spacial score (nSPS) is 13.2. The smallest absolute Gasteiger partial charge is 0.243 e. The molecule has 0 unspecified atom stereocenters. The van der Waals surface area contributed by atoms with Crippen molar-refractivity contribution < 1.29 is 19.1 Å². The lowest BCUT2D eigenvalue weighted by Crippen LogP contribution is -2.50. The second kappa shape index (κ2) is 10.5. The predicted octanol–water partition coefficient (Wildman–Crippen LogP) is 4.33. The van der Waals surface area contributed by atoms with Gasteiger partial charge in [0.2, 0.25) is 18.6 Å². The van der Waals surface area contributed by atoms with Crippen LogP contribution in [0.4, 0.5) is 0 Å². The zero-order valence-corrected chi connectivity index (χ0v) is 18.9. The Morgan fingerprint density at radius 3 is 2.58 bits per heavy atom. The summed E-state index contributed by atoms with van der Waals surface area (Å²) < 4.78 is 10.8. The van der Waals surface area contributed by atoms with Crippen LogP contribution in [0.3, 0.4) is 0 Å². The summed E-state index contributed by atoms with van der Waals surface area (Å²) in [6.45, 7) is 6.22. The number of ether oxygens (including phenoxy) is 2. The van der Waals surface area contributed by atoms with Gasteiger partial charge >= 0.3 is 0 Å². The van der Waals surface area contributed by atoms with E-state index < -0.39 is 6.04 Å². The van der Waals surface area contributed by atoms with Crippen molar-refractivity contribution in [2.75, 3.05) is 6.79 Å². The van der Waals surface area contributed by atoms with Crippen molar-refractivity contribution in [1.82, 2.24) is 10.2 Å². The van der Waals surface area contributed by atoms with Crippen molar-refractivity contribution in [2.24, 2.45) is 0 Å². The van der Waals surface area contributed by atoms with Gasteiger partial charge in [-0.15, -0.1) is 0 Å². The van der Waals surface area contributed by atoms with E-state index in [1.807, 2.05) is 57.2 Å². The molecule has 1 aliphatic heterocycles. The molecule has 2 amide bonds. The van der Waals surface area contributed by atoms with Gasteiger partial charge in [0, 0.05) is 24.0 Å². The van der Waals surface area contributed by atoms with Gasteiger partial charge in [-0.1, -0.05) is 42.8 Å². The van der Waals surface area contributed by atoms with Crippen LogP contribution in [0, 0.1) is 0 Å². The lowest BCUT2D eigenvalue weighted by molar-refractivity contribution is -0.141. The Hall–Kier alpha value is -2.73. The van der Waals surface area contributed by atoms with E-state index in [-0.39, 0.29) is 37.6 Å². The van der Waals surface area contributed by atoms with E-state index in [1.165, 1.54) is 0 Å². The van der Waals surface area contributed by atoms with Crippen molar-refractivity contribution in [2.45, 2.75) is 58.7 Å². The minimum Gasteiger partial charge on any atom is -0.454 e. The van der Waals surface area contributed by atoms with Gasteiger partial charge < -0.3 is 19.7 Å². The fourth-order valence-electron chi connectivity index (χ4n) is 3.60. The van der Waals surface area contributed by atoms with Gasteiger partial charge in [0.1, 0.15) is 6.04 Å². The number of hydrogen-bond donors (Lipinski definition) is 1. The number of hydrogen-bond acceptors (Lipinski definition) is 4. The van der Waals surface area contributed by atoms with Gasteiger partial charge in [-0.2, -0.15) is 0 Å². The highest BCUT2D eigenvalue weighted by atomic mass is 35.5. The maximum Gasteiger partial charge on any atom is 0.243 e. The second-order valence-electron chi connectivity index (χ2n) is 7.89. The lowest BCUT2D eigenvalue weighted by atomic mass is 10.1. The molecule has 0 bridgehead atoms. The first-order chi connectivity index (χ1) is 14.9. The summed E-state index contributed by atoms with van der Waals surface area (Å²) in [6, 6.07) is 12.5. The number of rotatable bonds is 9. The third-order valence-corrected chi connectivity index (χ3v) is 5.55. The molecule has 166 valence electrons. The van der Waals surface area contributed by atoms with Crippen LogP contribution in [-0.2, 0) is 22.6 Å². The first kappa shape index (κ1) is 22.9. The number of nitrogens with zero attached hydrogens (tertiary/aromatic N) is 1. The number of fused-ring (bicyclic) bond motifs is 1. The van der Waals surface area contributed by atoms with Crippen LogP contribution in [0.2, 0.25) is 5.02 Å².